The molecule has 0 bridgehead atoms. The minimum absolute atomic E-state index is 0.136. The van der Waals surface area contributed by atoms with Gasteiger partial charge in [0.25, 0.3) is 0 Å². The molecular formula is C15H13ClF2N2S. The Balaban J connectivity index is 1.82. The van der Waals surface area contributed by atoms with Gasteiger partial charge in [-0.25, -0.2) is 8.78 Å². The highest BCUT2D eigenvalue weighted by atomic mass is 35.5. The van der Waals surface area contributed by atoms with Crippen LogP contribution in [0, 0.1) is 11.6 Å². The standard InChI is InChI=1S/C15H13ClF2N2S/c16-11-3-1-2-10(8-11)6-7-19-15(21)20-14-5-4-12(17)9-13(14)18/h1-5,8-9H,6-7H2,(H2,19,20,21). The van der Waals surface area contributed by atoms with E-state index >= 15 is 0 Å². The van der Waals surface area contributed by atoms with Crippen molar-refractivity contribution in [1.29, 1.82) is 0 Å². The van der Waals surface area contributed by atoms with Gasteiger partial charge in [-0.2, -0.15) is 0 Å². The molecule has 0 spiro atoms. The van der Waals surface area contributed by atoms with Crippen molar-refractivity contribution in [3.05, 3.63) is 64.7 Å². The highest BCUT2D eigenvalue weighted by molar-refractivity contribution is 7.80. The number of halogens is 3. The second-order valence-electron chi connectivity index (χ2n) is 4.38. The van der Waals surface area contributed by atoms with Gasteiger partial charge in [0.1, 0.15) is 11.6 Å². The smallest absolute Gasteiger partial charge is 0.170 e. The van der Waals surface area contributed by atoms with Gasteiger partial charge in [0.05, 0.1) is 5.69 Å². The fraction of sp³-hybridized carbons (Fsp3) is 0.133. The molecule has 110 valence electrons. The Bertz CT molecular complexity index is 649. The number of thiocarbonyl (C=S) groups is 1. The summed E-state index contributed by atoms with van der Waals surface area (Å²) in [6.45, 7) is 0.578. The minimum atomic E-state index is -0.686. The maximum atomic E-state index is 13.4. The Hall–Kier alpha value is -1.72. The fourth-order valence-electron chi connectivity index (χ4n) is 1.77. The normalized spacial score (nSPS) is 10.2. The van der Waals surface area contributed by atoms with Gasteiger partial charge < -0.3 is 10.6 Å². The van der Waals surface area contributed by atoms with E-state index in [9.17, 15) is 8.78 Å². The molecule has 2 aromatic carbocycles. The number of hydrogen-bond acceptors (Lipinski definition) is 1. The Morgan fingerprint density at radius 3 is 2.67 bits per heavy atom. The van der Waals surface area contributed by atoms with Crippen molar-refractivity contribution < 1.29 is 8.78 Å². The molecule has 0 aliphatic heterocycles. The zero-order valence-corrected chi connectivity index (χ0v) is 12.6. The molecule has 0 aromatic heterocycles. The second-order valence-corrected chi connectivity index (χ2v) is 5.23. The Morgan fingerprint density at radius 1 is 1.14 bits per heavy atom. The first kappa shape index (κ1) is 15.7. The lowest BCUT2D eigenvalue weighted by atomic mass is 10.1. The van der Waals surface area contributed by atoms with E-state index < -0.39 is 11.6 Å². The van der Waals surface area contributed by atoms with Crippen LogP contribution in [-0.2, 0) is 6.42 Å². The predicted octanol–water partition coefficient (Wildman–Crippen LogP) is 4.15. The third-order valence-electron chi connectivity index (χ3n) is 2.77. The third kappa shape index (κ3) is 4.95. The van der Waals surface area contributed by atoms with Crippen LogP contribution in [0.2, 0.25) is 5.02 Å². The number of benzene rings is 2. The predicted molar refractivity (Wildman–Crippen MR) is 85.7 cm³/mol. The lowest BCUT2D eigenvalue weighted by molar-refractivity contribution is 0.586. The van der Waals surface area contributed by atoms with Crippen molar-refractivity contribution >= 4 is 34.6 Å². The summed E-state index contributed by atoms with van der Waals surface area (Å²) in [5.74, 6) is -1.31. The molecule has 0 amide bonds. The average molecular weight is 327 g/mol. The van der Waals surface area contributed by atoms with E-state index in [1.54, 1.807) is 0 Å². The van der Waals surface area contributed by atoms with E-state index in [1.165, 1.54) is 12.1 Å². The first-order valence-corrected chi connectivity index (χ1v) is 7.07. The van der Waals surface area contributed by atoms with Gasteiger partial charge >= 0.3 is 0 Å². The summed E-state index contributed by atoms with van der Waals surface area (Å²) in [5.41, 5.74) is 1.21. The summed E-state index contributed by atoms with van der Waals surface area (Å²) < 4.78 is 26.2. The first-order valence-electron chi connectivity index (χ1n) is 6.29. The van der Waals surface area contributed by atoms with Gasteiger partial charge in [-0.15, -0.1) is 0 Å². The lowest BCUT2D eigenvalue weighted by Crippen LogP contribution is -2.30. The summed E-state index contributed by atoms with van der Waals surface area (Å²) in [6.07, 6.45) is 0.730. The molecular weight excluding hydrogens is 314 g/mol. The Labute approximate surface area is 132 Å². The quantitative estimate of drug-likeness (QED) is 0.825. The van der Waals surface area contributed by atoms with Gasteiger partial charge in [0, 0.05) is 17.6 Å². The van der Waals surface area contributed by atoms with Crippen molar-refractivity contribution in [3.8, 4) is 0 Å². The second kappa shape index (κ2) is 7.33. The maximum absolute atomic E-state index is 13.4. The fourth-order valence-corrected chi connectivity index (χ4v) is 2.20. The van der Waals surface area contributed by atoms with Crippen LogP contribution in [0.4, 0.5) is 14.5 Å². The van der Waals surface area contributed by atoms with E-state index in [1.807, 2.05) is 24.3 Å². The van der Waals surface area contributed by atoms with E-state index in [2.05, 4.69) is 10.6 Å². The summed E-state index contributed by atoms with van der Waals surface area (Å²) in [7, 11) is 0. The average Bonchev–Trinajstić information content (AvgIpc) is 2.42. The first-order chi connectivity index (χ1) is 10.0. The number of nitrogens with one attached hydrogen (secondary N) is 2. The molecule has 0 radical (unpaired) electrons. The molecule has 0 fully saturated rings. The largest absolute Gasteiger partial charge is 0.362 e. The summed E-state index contributed by atoms with van der Waals surface area (Å²) in [5, 5.41) is 6.61. The number of hydrogen-bond donors (Lipinski definition) is 2. The molecule has 0 heterocycles. The molecule has 0 aliphatic carbocycles. The van der Waals surface area contributed by atoms with Gasteiger partial charge in [0.2, 0.25) is 0 Å². The SMILES string of the molecule is Fc1ccc(NC(=S)NCCc2cccc(Cl)c2)c(F)c1. The van der Waals surface area contributed by atoms with Crippen LogP contribution >= 0.6 is 23.8 Å². The van der Waals surface area contributed by atoms with Crippen molar-refractivity contribution in [2.45, 2.75) is 6.42 Å². The molecule has 0 saturated carbocycles. The van der Waals surface area contributed by atoms with E-state index in [0.717, 1.165) is 18.1 Å². The van der Waals surface area contributed by atoms with Gasteiger partial charge in [-0.1, -0.05) is 23.7 Å². The number of rotatable bonds is 4. The highest BCUT2D eigenvalue weighted by Gasteiger charge is 2.05. The third-order valence-corrected chi connectivity index (χ3v) is 3.25. The topological polar surface area (TPSA) is 24.1 Å². The van der Waals surface area contributed by atoms with Crippen LogP contribution in [0.25, 0.3) is 0 Å². The molecule has 0 saturated heterocycles. The van der Waals surface area contributed by atoms with Crippen LogP contribution < -0.4 is 10.6 Å². The minimum Gasteiger partial charge on any atom is -0.362 e. The zero-order chi connectivity index (χ0) is 15.2. The molecule has 21 heavy (non-hydrogen) atoms. The van der Waals surface area contributed by atoms with Crippen LogP contribution in [0.15, 0.2) is 42.5 Å². The van der Waals surface area contributed by atoms with Crippen LogP contribution in [-0.4, -0.2) is 11.7 Å². The monoisotopic (exact) mass is 326 g/mol. The Kier molecular flexibility index (Phi) is 5.47. The highest BCUT2D eigenvalue weighted by Crippen LogP contribution is 2.14. The molecule has 6 heteroatoms. The van der Waals surface area contributed by atoms with Crippen molar-refractivity contribution in [2.75, 3.05) is 11.9 Å². The van der Waals surface area contributed by atoms with E-state index in [4.69, 9.17) is 23.8 Å². The van der Waals surface area contributed by atoms with Crippen LogP contribution in [0.5, 0.6) is 0 Å². The van der Waals surface area contributed by atoms with Gasteiger partial charge in [-0.3, -0.25) is 0 Å². The number of anilines is 1. The maximum Gasteiger partial charge on any atom is 0.170 e. The summed E-state index contributed by atoms with van der Waals surface area (Å²) in [6, 6.07) is 10.8. The Morgan fingerprint density at radius 2 is 1.95 bits per heavy atom. The zero-order valence-electron chi connectivity index (χ0n) is 11.0. The summed E-state index contributed by atoms with van der Waals surface area (Å²) in [4.78, 5) is 0. The van der Waals surface area contributed by atoms with Gasteiger partial charge in [0.15, 0.2) is 5.11 Å². The van der Waals surface area contributed by atoms with Crippen molar-refractivity contribution in [3.63, 3.8) is 0 Å². The van der Waals surface area contributed by atoms with Crippen molar-refractivity contribution in [1.82, 2.24) is 5.32 Å². The molecule has 2 rings (SSSR count). The molecule has 2 aromatic rings. The van der Waals surface area contributed by atoms with E-state index in [-0.39, 0.29) is 10.8 Å². The molecule has 0 unspecified atom stereocenters. The molecule has 0 atom stereocenters. The van der Waals surface area contributed by atoms with Crippen molar-refractivity contribution in [2.24, 2.45) is 0 Å². The molecule has 2 nitrogen and oxygen atoms in total. The van der Waals surface area contributed by atoms with Gasteiger partial charge in [-0.05, 0) is 48.5 Å². The van der Waals surface area contributed by atoms with Crippen LogP contribution in [0.3, 0.4) is 0 Å². The van der Waals surface area contributed by atoms with Crippen LogP contribution in [0.1, 0.15) is 5.56 Å². The molecule has 0 aliphatic rings. The van der Waals surface area contributed by atoms with E-state index in [0.29, 0.717) is 11.6 Å². The lowest BCUT2D eigenvalue weighted by Gasteiger charge is -2.11. The summed E-state index contributed by atoms with van der Waals surface area (Å²) >= 11 is 11.0. The molecule has 2 N–H and O–H groups in total.